The molecular formula is C11H22N2O2S. The van der Waals surface area contributed by atoms with Crippen LogP contribution >= 0.6 is 0 Å². The average molecular weight is 246 g/mol. The summed E-state index contributed by atoms with van der Waals surface area (Å²) in [5.74, 6) is 1.39. The van der Waals surface area contributed by atoms with Crippen LogP contribution in [0.2, 0.25) is 0 Å². The first-order chi connectivity index (χ1) is 7.57. The molecule has 2 heterocycles. The molecule has 2 saturated heterocycles. The van der Waals surface area contributed by atoms with Crippen LogP contribution in [0.15, 0.2) is 0 Å². The third-order valence-corrected chi connectivity index (χ3v) is 5.37. The third-order valence-electron chi connectivity index (χ3n) is 3.57. The van der Waals surface area contributed by atoms with Crippen molar-refractivity contribution in [3.05, 3.63) is 0 Å². The molecule has 2 aliphatic heterocycles. The van der Waals surface area contributed by atoms with Crippen LogP contribution in [0.25, 0.3) is 0 Å². The van der Waals surface area contributed by atoms with Crippen molar-refractivity contribution in [3.8, 4) is 0 Å². The Balaban J connectivity index is 2.00. The van der Waals surface area contributed by atoms with Gasteiger partial charge in [0.05, 0.1) is 11.5 Å². The molecule has 0 saturated carbocycles. The van der Waals surface area contributed by atoms with Gasteiger partial charge in [-0.05, 0) is 25.3 Å². The van der Waals surface area contributed by atoms with Gasteiger partial charge >= 0.3 is 0 Å². The molecule has 2 aliphatic rings. The molecular weight excluding hydrogens is 224 g/mol. The van der Waals surface area contributed by atoms with E-state index >= 15 is 0 Å². The molecule has 0 spiro atoms. The van der Waals surface area contributed by atoms with Crippen LogP contribution < -0.4 is 5.32 Å². The second-order valence-electron chi connectivity index (χ2n) is 5.21. The van der Waals surface area contributed by atoms with Crippen molar-refractivity contribution in [1.29, 1.82) is 0 Å². The Labute approximate surface area is 98.3 Å². The van der Waals surface area contributed by atoms with Crippen molar-refractivity contribution in [1.82, 2.24) is 10.2 Å². The van der Waals surface area contributed by atoms with Crippen LogP contribution in [0.4, 0.5) is 0 Å². The second-order valence-corrected chi connectivity index (χ2v) is 7.44. The molecule has 2 atom stereocenters. The molecule has 0 aromatic carbocycles. The van der Waals surface area contributed by atoms with Crippen LogP contribution in [-0.4, -0.2) is 57.0 Å². The minimum Gasteiger partial charge on any atom is -0.315 e. The second kappa shape index (κ2) is 5.02. The Kier molecular flexibility index (Phi) is 3.87. The summed E-state index contributed by atoms with van der Waals surface area (Å²) < 4.78 is 23.3. The predicted octanol–water partition coefficient (Wildman–Crippen LogP) is 0.105. The normalized spacial score (nSPS) is 36.8. The van der Waals surface area contributed by atoms with E-state index in [1.165, 1.54) is 0 Å². The Morgan fingerprint density at radius 3 is 2.94 bits per heavy atom. The van der Waals surface area contributed by atoms with Gasteiger partial charge in [-0.3, -0.25) is 4.90 Å². The first kappa shape index (κ1) is 12.3. The van der Waals surface area contributed by atoms with Crippen molar-refractivity contribution in [2.24, 2.45) is 5.92 Å². The van der Waals surface area contributed by atoms with E-state index in [9.17, 15) is 8.42 Å². The number of nitrogens with one attached hydrogen (secondary N) is 1. The average Bonchev–Trinajstić information content (AvgIpc) is 2.41. The summed E-state index contributed by atoms with van der Waals surface area (Å²) in [4.78, 5) is 2.38. The summed E-state index contributed by atoms with van der Waals surface area (Å²) in [6.07, 6.45) is 1.89. The molecule has 0 radical (unpaired) electrons. The van der Waals surface area contributed by atoms with E-state index in [2.05, 4.69) is 17.1 Å². The van der Waals surface area contributed by atoms with Crippen LogP contribution in [0.5, 0.6) is 0 Å². The maximum atomic E-state index is 11.6. The summed E-state index contributed by atoms with van der Waals surface area (Å²) in [5, 5.41) is 3.40. The summed E-state index contributed by atoms with van der Waals surface area (Å²) in [5.41, 5.74) is 0. The van der Waals surface area contributed by atoms with E-state index < -0.39 is 9.84 Å². The van der Waals surface area contributed by atoms with Crippen LogP contribution in [0.3, 0.4) is 0 Å². The fraction of sp³-hybridized carbons (Fsp3) is 1.00. The van der Waals surface area contributed by atoms with Gasteiger partial charge in [-0.15, -0.1) is 0 Å². The van der Waals surface area contributed by atoms with Gasteiger partial charge in [0.2, 0.25) is 0 Å². The van der Waals surface area contributed by atoms with E-state index in [0.717, 1.165) is 39.0 Å². The Morgan fingerprint density at radius 1 is 1.38 bits per heavy atom. The van der Waals surface area contributed by atoms with Gasteiger partial charge in [0.1, 0.15) is 0 Å². The van der Waals surface area contributed by atoms with Crippen LogP contribution in [-0.2, 0) is 9.84 Å². The zero-order valence-electron chi connectivity index (χ0n) is 9.98. The number of hydrogen-bond acceptors (Lipinski definition) is 4. The van der Waals surface area contributed by atoms with E-state index in [4.69, 9.17) is 0 Å². The lowest BCUT2D eigenvalue weighted by molar-refractivity contribution is 0.191. The Bertz CT molecular complexity index is 329. The molecule has 0 aromatic heterocycles. The van der Waals surface area contributed by atoms with E-state index in [0.29, 0.717) is 17.4 Å². The first-order valence-corrected chi connectivity index (χ1v) is 8.04. The lowest BCUT2D eigenvalue weighted by Crippen LogP contribution is -2.45. The van der Waals surface area contributed by atoms with Crippen LogP contribution in [0.1, 0.15) is 19.8 Å². The highest BCUT2D eigenvalue weighted by Crippen LogP contribution is 2.19. The van der Waals surface area contributed by atoms with E-state index in [1.54, 1.807) is 0 Å². The van der Waals surface area contributed by atoms with Gasteiger partial charge < -0.3 is 5.32 Å². The highest BCUT2D eigenvalue weighted by atomic mass is 32.2. The minimum absolute atomic E-state index is 0.265. The maximum absolute atomic E-state index is 11.6. The van der Waals surface area contributed by atoms with E-state index in [1.807, 2.05) is 0 Å². The highest BCUT2D eigenvalue weighted by molar-refractivity contribution is 7.91. The van der Waals surface area contributed by atoms with Gasteiger partial charge in [0.25, 0.3) is 0 Å². The molecule has 2 fully saturated rings. The van der Waals surface area contributed by atoms with Gasteiger partial charge in [0.15, 0.2) is 9.84 Å². The van der Waals surface area contributed by atoms with Gasteiger partial charge in [0, 0.05) is 25.7 Å². The molecule has 0 bridgehead atoms. The zero-order chi connectivity index (χ0) is 11.6. The smallest absolute Gasteiger partial charge is 0.151 e. The SMILES string of the molecule is CC1CNCCN(C2CCCS(=O)(=O)C2)C1. The molecule has 0 aromatic rings. The van der Waals surface area contributed by atoms with Gasteiger partial charge in [-0.2, -0.15) is 0 Å². The van der Waals surface area contributed by atoms with Gasteiger partial charge in [-0.25, -0.2) is 8.42 Å². The maximum Gasteiger partial charge on any atom is 0.151 e. The predicted molar refractivity (Wildman–Crippen MR) is 65.3 cm³/mol. The molecule has 0 aliphatic carbocycles. The van der Waals surface area contributed by atoms with E-state index in [-0.39, 0.29) is 6.04 Å². The number of nitrogens with zero attached hydrogens (tertiary/aromatic N) is 1. The number of hydrogen-bond donors (Lipinski definition) is 1. The highest BCUT2D eigenvalue weighted by Gasteiger charge is 2.30. The van der Waals surface area contributed by atoms with Crippen LogP contribution in [0, 0.1) is 5.92 Å². The number of sulfone groups is 1. The summed E-state index contributed by atoms with van der Waals surface area (Å²) in [6.45, 7) is 6.29. The zero-order valence-corrected chi connectivity index (χ0v) is 10.8. The quantitative estimate of drug-likeness (QED) is 0.713. The lowest BCUT2D eigenvalue weighted by Gasteiger charge is -2.33. The summed E-state index contributed by atoms with van der Waals surface area (Å²) >= 11 is 0. The number of rotatable bonds is 1. The Morgan fingerprint density at radius 2 is 2.19 bits per heavy atom. The largest absolute Gasteiger partial charge is 0.315 e. The van der Waals surface area contributed by atoms with Crippen molar-refractivity contribution in [2.75, 3.05) is 37.7 Å². The molecule has 16 heavy (non-hydrogen) atoms. The van der Waals surface area contributed by atoms with Crippen molar-refractivity contribution >= 4 is 9.84 Å². The molecule has 5 heteroatoms. The lowest BCUT2D eigenvalue weighted by atomic mass is 10.1. The van der Waals surface area contributed by atoms with Crippen molar-refractivity contribution in [3.63, 3.8) is 0 Å². The molecule has 2 rings (SSSR count). The molecule has 0 amide bonds. The summed E-state index contributed by atoms with van der Waals surface area (Å²) in [6, 6.07) is 0.265. The summed E-state index contributed by atoms with van der Waals surface area (Å²) in [7, 11) is -2.77. The monoisotopic (exact) mass is 246 g/mol. The minimum atomic E-state index is -2.77. The van der Waals surface area contributed by atoms with Crippen molar-refractivity contribution in [2.45, 2.75) is 25.8 Å². The third kappa shape index (κ3) is 3.18. The molecule has 1 N–H and O–H groups in total. The fourth-order valence-electron chi connectivity index (χ4n) is 2.75. The first-order valence-electron chi connectivity index (χ1n) is 6.22. The molecule has 4 nitrogen and oxygen atoms in total. The fourth-order valence-corrected chi connectivity index (χ4v) is 4.48. The molecule has 94 valence electrons. The topological polar surface area (TPSA) is 49.4 Å². The standard InChI is InChI=1S/C11H22N2O2S/c1-10-7-12-4-5-13(8-10)11-3-2-6-16(14,15)9-11/h10-12H,2-9H2,1H3. The van der Waals surface area contributed by atoms with Crippen molar-refractivity contribution < 1.29 is 8.42 Å². The van der Waals surface area contributed by atoms with Gasteiger partial charge in [-0.1, -0.05) is 6.92 Å². The Hall–Kier alpha value is -0.130. The molecule has 2 unspecified atom stereocenters.